The van der Waals surface area contributed by atoms with Crippen LogP contribution in [0.4, 0.5) is 4.79 Å². The van der Waals surface area contributed by atoms with Gasteiger partial charge in [0.05, 0.1) is 22.9 Å². The van der Waals surface area contributed by atoms with Crippen LogP contribution in [0.15, 0.2) is 0 Å². The van der Waals surface area contributed by atoms with Gasteiger partial charge in [-0.3, -0.25) is 4.79 Å². The Balaban J connectivity index is 2.99. The quantitative estimate of drug-likeness (QED) is 0.334. The standard InChI is InChI=1S/CH4BIN2O/c3-5-1(6)2-4/h2H,4H2,(H,5,6). The van der Waals surface area contributed by atoms with E-state index in [4.69, 9.17) is 5.64 Å². The summed E-state index contributed by atoms with van der Waals surface area (Å²) in [6.45, 7) is 0. The minimum atomic E-state index is -0.143. The van der Waals surface area contributed by atoms with E-state index < -0.39 is 0 Å². The van der Waals surface area contributed by atoms with Crippen molar-refractivity contribution in [2.24, 2.45) is 5.64 Å². The largest absolute Gasteiger partial charge is 0.364 e. The topological polar surface area (TPSA) is 55.1 Å². The summed E-state index contributed by atoms with van der Waals surface area (Å²) in [6, 6.07) is 0. The Morgan fingerprint density at radius 2 is 2.50 bits per heavy atom. The maximum Gasteiger partial charge on any atom is 0.309 e. The van der Waals surface area contributed by atoms with Crippen LogP contribution in [-0.4, -0.2) is 13.2 Å². The molecule has 0 atom stereocenters. The van der Waals surface area contributed by atoms with Crippen molar-refractivity contribution in [2.75, 3.05) is 0 Å². The molecule has 0 aromatic carbocycles. The predicted octanol–water partition coefficient (Wildman–Crippen LogP) is -0.644. The molecular weight excluding hydrogens is 194 g/mol. The lowest BCUT2D eigenvalue weighted by molar-refractivity contribution is 0.264. The lowest BCUT2D eigenvalue weighted by Crippen LogP contribution is -2.24. The molecule has 0 heterocycles. The van der Waals surface area contributed by atoms with E-state index in [9.17, 15) is 4.79 Å². The van der Waals surface area contributed by atoms with Crippen molar-refractivity contribution >= 4 is 36.1 Å². The minimum Gasteiger partial charge on any atom is -0.364 e. The molecule has 0 spiro atoms. The lowest BCUT2D eigenvalue weighted by Gasteiger charge is -1.83. The summed E-state index contributed by atoms with van der Waals surface area (Å²) in [5.74, 6) is -0.143. The van der Waals surface area contributed by atoms with Crippen LogP contribution >= 0.6 is 22.9 Å². The van der Waals surface area contributed by atoms with Crippen molar-refractivity contribution < 1.29 is 4.79 Å². The van der Waals surface area contributed by atoms with Crippen LogP contribution in [0.5, 0.6) is 0 Å². The number of rotatable bonds is 1. The third-order valence-corrected chi connectivity index (χ3v) is 0.892. The summed E-state index contributed by atoms with van der Waals surface area (Å²) in [5, 5.41) is 0. The van der Waals surface area contributed by atoms with Crippen molar-refractivity contribution in [3.63, 3.8) is 0 Å². The van der Waals surface area contributed by atoms with E-state index >= 15 is 0 Å². The Morgan fingerprint density at radius 3 is 2.50 bits per heavy atom. The predicted molar refractivity (Wildman–Crippen MR) is 33.9 cm³/mol. The molecule has 5 heteroatoms. The second-order valence-electron chi connectivity index (χ2n) is 0.722. The van der Waals surface area contributed by atoms with Crippen molar-refractivity contribution in [3.05, 3.63) is 0 Å². The molecule has 0 fully saturated rings. The Bertz CT molecular complexity index is 51.5. The van der Waals surface area contributed by atoms with E-state index in [0.717, 1.165) is 0 Å². The zero-order valence-corrected chi connectivity index (χ0v) is 5.23. The Kier molecular flexibility index (Phi) is 3.54. The Labute approximate surface area is 50.4 Å². The van der Waals surface area contributed by atoms with Gasteiger partial charge in [0.15, 0.2) is 5.81 Å². The van der Waals surface area contributed by atoms with Gasteiger partial charge in [0.2, 0.25) is 0 Å². The van der Waals surface area contributed by atoms with Crippen molar-refractivity contribution in [3.8, 4) is 0 Å². The van der Waals surface area contributed by atoms with Gasteiger partial charge in [-0.15, -0.1) is 0 Å². The van der Waals surface area contributed by atoms with Gasteiger partial charge in [0.1, 0.15) is 0 Å². The first-order valence-electron chi connectivity index (χ1n) is 1.40. The number of amides is 1. The zero-order chi connectivity index (χ0) is 4.99. The van der Waals surface area contributed by atoms with Crippen LogP contribution in [0.3, 0.4) is 0 Å². The molecule has 0 aliphatic carbocycles. The second-order valence-corrected chi connectivity index (χ2v) is 1.26. The molecular formula is CH4BIN2O. The SMILES string of the molecule is NBC(=O)NI. The fraction of sp³-hybridized carbons (Fsp3) is 0. The molecule has 0 bridgehead atoms. The molecule has 1 amide bonds. The molecule has 3 nitrogen and oxygen atoms in total. The average Bonchev–Trinajstić information content (AvgIpc) is 1.65. The lowest BCUT2D eigenvalue weighted by atomic mass is 9.98. The molecule has 0 saturated heterocycles. The smallest absolute Gasteiger partial charge is 0.309 e. The molecule has 0 aliphatic rings. The highest BCUT2D eigenvalue weighted by atomic mass is 127. The molecule has 0 rings (SSSR count). The fourth-order valence-electron chi connectivity index (χ4n) is 0.0386. The monoisotopic (exact) mass is 198 g/mol. The summed E-state index contributed by atoms with van der Waals surface area (Å²) in [6.07, 6.45) is 0. The third kappa shape index (κ3) is 2.46. The normalized spacial score (nSPS) is 7.00. The van der Waals surface area contributed by atoms with Crippen molar-refractivity contribution in [1.82, 2.24) is 3.53 Å². The molecule has 0 aliphatic heterocycles. The van der Waals surface area contributed by atoms with E-state index in [-0.39, 0.29) is 13.2 Å². The highest BCUT2D eigenvalue weighted by Crippen LogP contribution is 1.67. The molecule has 0 radical (unpaired) electrons. The van der Waals surface area contributed by atoms with Crippen molar-refractivity contribution in [1.29, 1.82) is 0 Å². The van der Waals surface area contributed by atoms with Crippen molar-refractivity contribution in [2.45, 2.75) is 0 Å². The van der Waals surface area contributed by atoms with E-state index in [1.54, 1.807) is 22.9 Å². The number of nitrogens with one attached hydrogen (secondary N) is 1. The number of carbonyl (C=O) groups excluding carboxylic acids is 1. The summed E-state index contributed by atoms with van der Waals surface area (Å²) < 4.78 is 2.32. The van der Waals surface area contributed by atoms with E-state index in [2.05, 4.69) is 3.53 Å². The van der Waals surface area contributed by atoms with Crippen LogP contribution in [0, 0.1) is 0 Å². The minimum absolute atomic E-state index is 0.0724. The first kappa shape index (κ1) is 6.22. The number of nitrogens with two attached hydrogens (primary N) is 1. The number of hydrogen-bond donors (Lipinski definition) is 2. The Morgan fingerprint density at radius 1 is 2.00 bits per heavy atom. The van der Waals surface area contributed by atoms with Gasteiger partial charge < -0.3 is 9.17 Å². The molecule has 0 saturated carbocycles. The van der Waals surface area contributed by atoms with Gasteiger partial charge in [0, 0.05) is 0 Å². The summed E-state index contributed by atoms with van der Waals surface area (Å²) in [7, 11) is 0.0724. The van der Waals surface area contributed by atoms with Crippen LogP contribution in [-0.2, 0) is 0 Å². The number of hydrogen-bond acceptors (Lipinski definition) is 2. The molecule has 0 aromatic heterocycles. The van der Waals surface area contributed by atoms with Gasteiger partial charge in [-0.05, 0) is 0 Å². The molecule has 0 unspecified atom stereocenters. The number of halogens is 1. The van der Waals surface area contributed by atoms with E-state index in [0.29, 0.717) is 0 Å². The third-order valence-electron chi connectivity index (χ3n) is 0.291. The van der Waals surface area contributed by atoms with Gasteiger partial charge in [0.25, 0.3) is 0 Å². The first-order chi connectivity index (χ1) is 2.81. The van der Waals surface area contributed by atoms with Crippen LogP contribution < -0.4 is 9.17 Å². The summed E-state index contributed by atoms with van der Waals surface area (Å²) in [4.78, 5) is 9.94. The van der Waals surface area contributed by atoms with E-state index in [1.807, 2.05) is 0 Å². The van der Waals surface area contributed by atoms with Crippen LogP contribution in [0.1, 0.15) is 0 Å². The Hall–Kier alpha value is 0.225. The fourth-order valence-corrected chi connectivity index (χ4v) is 0.259. The van der Waals surface area contributed by atoms with Gasteiger partial charge in [-0.25, -0.2) is 0 Å². The van der Waals surface area contributed by atoms with Gasteiger partial charge in [-0.1, -0.05) is 0 Å². The summed E-state index contributed by atoms with van der Waals surface area (Å²) in [5.41, 5.74) is 4.87. The van der Waals surface area contributed by atoms with Crippen LogP contribution in [0.2, 0.25) is 0 Å². The van der Waals surface area contributed by atoms with Gasteiger partial charge in [-0.2, -0.15) is 0 Å². The molecule has 34 valence electrons. The highest BCUT2D eigenvalue weighted by molar-refractivity contribution is 14.1. The second kappa shape index (κ2) is 3.42. The molecule has 3 N–H and O–H groups in total. The zero-order valence-electron chi connectivity index (χ0n) is 3.07. The molecule has 0 aromatic rings. The van der Waals surface area contributed by atoms with Crippen LogP contribution in [0.25, 0.3) is 0 Å². The summed E-state index contributed by atoms with van der Waals surface area (Å²) >= 11 is 1.73. The highest BCUT2D eigenvalue weighted by Gasteiger charge is 1.90. The maximum absolute atomic E-state index is 9.94. The number of carbonyl (C=O) groups is 1. The maximum atomic E-state index is 9.94. The van der Waals surface area contributed by atoms with Gasteiger partial charge >= 0.3 is 7.41 Å². The first-order valence-corrected chi connectivity index (χ1v) is 2.48. The average molecular weight is 198 g/mol. The van der Waals surface area contributed by atoms with E-state index in [1.165, 1.54) is 0 Å². The molecule has 6 heavy (non-hydrogen) atoms.